The molecule has 14 atom stereocenters. The van der Waals surface area contributed by atoms with E-state index in [1.807, 2.05) is 0 Å². The highest BCUT2D eigenvalue weighted by Crippen LogP contribution is 2.32. The zero-order valence-corrected chi connectivity index (χ0v) is 17.1. The zero-order chi connectivity index (χ0) is 23.0. The summed E-state index contributed by atoms with van der Waals surface area (Å²) in [5.41, 5.74) is 0. The van der Waals surface area contributed by atoms with Gasteiger partial charge in [0.1, 0.15) is 48.8 Å². The summed E-state index contributed by atoms with van der Waals surface area (Å²) < 4.78 is 27.2. The van der Waals surface area contributed by atoms with Gasteiger partial charge in [-0.15, -0.1) is 0 Å². The molecule has 182 valence electrons. The summed E-state index contributed by atoms with van der Waals surface area (Å²) in [5, 5.41) is 80.5. The Labute approximate surface area is 178 Å². The lowest BCUT2D eigenvalue weighted by Gasteiger charge is -2.47. The fourth-order valence-corrected chi connectivity index (χ4v) is 3.86. The van der Waals surface area contributed by atoms with E-state index in [1.165, 1.54) is 6.92 Å². The van der Waals surface area contributed by atoms with Crippen molar-refractivity contribution in [3.63, 3.8) is 0 Å². The number of aliphatic hydroxyl groups is 8. The number of ether oxygens (including phenoxy) is 5. The molecule has 13 nitrogen and oxygen atoms in total. The molecule has 0 aromatic carbocycles. The lowest BCUT2D eigenvalue weighted by atomic mass is 9.97. The van der Waals surface area contributed by atoms with E-state index < -0.39 is 92.6 Å². The molecule has 0 amide bonds. The molecule has 0 bridgehead atoms. The SMILES string of the molecule is C[C@@H]1O[C@@H](O[C@@H]2C(O)O[C@H](CO)[C@@H](O)[C@@H]2O[C@H]2O[C@H](C)[C@H](O)C[C@H]2O)[C@@H](O)[C@H](O)[C@@H]1O. The van der Waals surface area contributed by atoms with Gasteiger partial charge in [-0.1, -0.05) is 0 Å². The van der Waals surface area contributed by atoms with Crippen LogP contribution in [0.2, 0.25) is 0 Å². The number of rotatable bonds is 5. The fraction of sp³-hybridized carbons (Fsp3) is 1.00. The lowest BCUT2D eigenvalue weighted by Crippen LogP contribution is -2.65. The minimum Gasteiger partial charge on any atom is -0.394 e. The second-order valence-corrected chi connectivity index (χ2v) is 8.20. The summed E-state index contributed by atoms with van der Waals surface area (Å²) in [6.07, 6.45) is -18.9. The smallest absolute Gasteiger partial charge is 0.187 e. The van der Waals surface area contributed by atoms with Crippen LogP contribution in [0.5, 0.6) is 0 Å². The maximum absolute atomic E-state index is 10.6. The van der Waals surface area contributed by atoms with Crippen molar-refractivity contribution in [2.75, 3.05) is 6.61 Å². The molecule has 8 N–H and O–H groups in total. The molecule has 1 unspecified atom stereocenters. The van der Waals surface area contributed by atoms with Gasteiger partial charge in [-0.05, 0) is 13.8 Å². The van der Waals surface area contributed by atoms with Gasteiger partial charge in [-0.3, -0.25) is 0 Å². The zero-order valence-electron chi connectivity index (χ0n) is 17.1. The molecule has 0 aromatic heterocycles. The third-order valence-corrected chi connectivity index (χ3v) is 5.90. The van der Waals surface area contributed by atoms with Gasteiger partial charge in [0.2, 0.25) is 0 Å². The van der Waals surface area contributed by atoms with Gasteiger partial charge in [0.05, 0.1) is 24.9 Å². The summed E-state index contributed by atoms with van der Waals surface area (Å²) in [6, 6.07) is 0. The van der Waals surface area contributed by atoms with Crippen molar-refractivity contribution in [1.82, 2.24) is 0 Å². The molecule has 0 radical (unpaired) electrons. The van der Waals surface area contributed by atoms with Crippen LogP contribution < -0.4 is 0 Å². The average Bonchev–Trinajstić information content (AvgIpc) is 2.72. The van der Waals surface area contributed by atoms with Gasteiger partial charge >= 0.3 is 0 Å². The Bertz CT molecular complexity index is 581. The first-order chi connectivity index (χ1) is 14.5. The molecule has 31 heavy (non-hydrogen) atoms. The van der Waals surface area contributed by atoms with E-state index in [9.17, 15) is 40.9 Å². The van der Waals surface area contributed by atoms with Crippen LogP contribution >= 0.6 is 0 Å². The average molecular weight is 456 g/mol. The van der Waals surface area contributed by atoms with Gasteiger partial charge < -0.3 is 64.5 Å². The van der Waals surface area contributed by atoms with Crippen molar-refractivity contribution in [2.45, 2.75) is 106 Å². The third-order valence-electron chi connectivity index (χ3n) is 5.90. The van der Waals surface area contributed by atoms with Gasteiger partial charge in [-0.2, -0.15) is 0 Å². The largest absolute Gasteiger partial charge is 0.394 e. The summed E-state index contributed by atoms with van der Waals surface area (Å²) in [6.45, 7) is 2.33. The minimum atomic E-state index is -1.76. The van der Waals surface area contributed by atoms with E-state index in [1.54, 1.807) is 6.92 Å². The van der Waals surface area contributed by atoms with Crippen molar-refractivity contribution in [3.8, 4) is 0 Å². The maximum atomic E-state index is 10.6. The monoisotopic (exact) mass is 456 g/mol. The molecule has 3 saturated heterocycles. The second kappa shape index (κ2) is 10.2. The Kier molecular flexibility index (Phi) is 8.24. The Balaban J connectivity index is 1.79. The van der Waals surface area contributed by atoms with Crippen LogP contribution in [0.1, 0.15) is 20.3 Å². The van der Waals surface area contributed by atoms with Crippen LogP contribution in [0.15, 0.2) is 0 Å². The molecule has 0 spiro atoms. The van der Waals surface area contributed by atoms with Crippen molar-refractivity contribution in [2.24, 2.45) is 0 Å². The van der Waals surface area contributed by atoms with Gasteiger partial charge in [0, 0.05) is 6.42 Å². The van der Waals surface area contributed by atoms with E-state index in [2.05, 4.69) is 0 Å². The minimum absolute atomic E-state index is 0.0608. The summed E-state index contributed by atoms with van der Waals surface area (Å²) in [7, 11) is 0. The van der Waals surface area contributed by atoms with Gasteiger partial charge in [0.15, 0.2) is 18.9 Å². The van der Waals surface area contributed by atoms with Gasteiger partial charge in [0.25, 0.3) is 0 Å². The van der Waals surface area contributed by atoms with E-state index >= 15 is 0 Å². The van der Waals surface area contributed by atoms with Gasteiger partial charge in [-0.25, -0.2) is 0 Å². The Morgan fingerprint density at radius 3 is 1.94 bits per heavy atom. The molecule has 3 aliphatic rings. The predicted octanol–water partition coefficient (Wildman–Crippen LogP) is -4.49. The summed E-state index contributed by atoms with van der Waals surface area (Å²) >= 11 is 0. The molecular formula is C18H32O13. The molecule has 3 rings (SSSR count). The normalized spacial score (nSPS) is 54.0. The predicted molar refractivity (Wildman–Crippen MR) is 97.0 cm³/mol. The molecule has 0 aliphatic carbocycles. The highest BCUT2D eigenvalue weighted by molar-refractivity contribution is 4.94. The van der Waals surface area contributed by atoms with Crippen LogP contribution in [0, 0.1) is 0 Å². The fourth-order valence-electron chi connectivity index (χ4n) is 3.86. The van der Waals surface area contributed by atoms with E-state index in [-0.39, 0.29) is 6.42 Å². The number of hydrogen-bond acceptors (Lipinski definition) is 13. The van der Waals surface area contributed by atoms with Crippen LogP contribution in [0.25, 0.3) is 0 Å². The quantitative estimate of drug-likeness (QED) is 0.196. The summed E-state index contributed by atoms with van der Waals surface area (Å²) in [4.78, 5) is 0. The first kappa shape index (κ1) is 25.1. The van der Waals surface area contributed by atoms with Crippen LogP contribution in [-0.2, 0) is 23.7 Å². The second-order valence-electron chi connectivity index (χ2n) is 8.20. The third kappa shape index (κ3) is 5.19. The molecule has 0 saturated carbocycles. The van der Waals surface area contributed by atoms with Crippen LogP contribution in [0.3, 0.4) is 0 Å². The van der Waals surface area contributed by atoms with Crippen molar-refractivity contribution < 1.29 is 64.5 Å². The number of hydrogen-bond donors (Lipinski definition) is 8. The highest BCUT2D eigenvalue weighted by atomic mass is 16.8. The van der Waals surface area contributed by atoms with E-state index in [0.29, 0.717) is 0 Å². The molecule has 13 heteroatoms. The molecule has 3 fully saturated rings. The van der Waals surface area contributed by atoms with Crippen molar-refractivity contribution in [1.29, 1.82) is 0 Å². The van der Waals surface area contributed by atoms with E-state index in [4.69, 9.17) is 23.7 Å². The molecular weight excluding hydrogens is 424 g/mol. The van der Waals surface area contributed by atoms with Crippen molar-refractivity contribution in [3.05, 3.63) is 0 Å². The Morgan fingerprint density at radius 1 is 0.677 bits per heavy atom. The van der Waals surface area contributed by atoms with Crippen LogP contribution in [-0.4, -0.2) is 133 Å². The first-order valence-corrected chi connectivity index (χ1v) is 10.2. The first-order valence-electron chi connectivity index (χ1n) is 10.2. The number of aliphatic hydroxyl groups excluding tert-OH is 8. The topological polar surface area (TPSA) is 208 Å². The van der Waals surface area contributed by atoms with Crippen molar-refractivity contribution >= 4 is 0 Å². The Hall–Kier alpha value is -0.520. The molecule has 3 heterocycles. The van der Waals surface area contributed by atoms with E-state index in [0.717, 1.165) is 0 Å². The molecule has 3 aliphatic heterocycles. The molecule has 0 aromatic rings. The maximum Gasteiger partial charge on any atom is 0.187 e. The highest BCUT2D eigenvalue weighted by Gasteiger charge is 2.52. The van der Waals surface area contributed by atoms with Crippen LogP contribution in [0.4, 0.5) is 0 Å². The lowest BCUT2D eigenvalue weighted by molar-refractivity contribution is -0.381. The Morgan fingerprint density at radius 2 is 1.29 bits per heavy atom. The summed E-state index contributed by atoms with van der Waals surface area (Å²) in [5.74, 6) is 0. The standard InChI is InChI=1S/C18H32O13/c1-5-7(20)3-8(21)17(27-5)30-14-11(23)9(4-19)29-16(26)15(14)31-18-13(25)12(24)10(22)6(2)28-18/h5-26H,3-4H2,1-2H3/t5-,6+,7-,8-,9-,10-,11-,12-,13+,14+,15+,16?,17-,18+/m1/s1.